The molecular weight excluding hydrogens is 346 g/mol. The number of benzene rings is 1. The van der Waals surface area contributed by atoms with Gasteiger partial charge in [0.2, 0.25) is 11.8 Å². The quantitative estimate of drug-likeness (QED) is 0.806. The van der Waals surface area contributed by atoms with Gasteiger partial charge >= 0.3 is 0 Å². The molecular formula is C20H25N3O2S. The van der Waals surface area contributed by atoms with Crippen LogP contribution in [-0.4, -0.2) is 22.8 Å². The van der Waals surface area contributed by atoms with E-state index in [0.717, 1.165) is 43.4 Å². The van der Waals surface area contributed by atoms with E-state index in [1.54, 1.807) is 0 Å². The SMILES string of the molecule is CCc1ccc(-c2csc(NC(=O)[C@H](NC(C)=O)C3CCCC3)n2)cc1. The van der Waals surface area contributed by atoms with Crippen LogP contribution in [0.3, 0.4) is 0 Å². The molecule has 1 aromatic carbocycles. The van der Waals surface area contributed by atoms with Crippen LogP contribution in [0, 0.1) is 5.92 Å². The lowest BCUT2D eigenvalue weighted by Gasteiger charge is -2.22. The molecule has 6 heteroatoms. The summed E-state index contributed by atoms with van der Waals surface area (Å²) in [5, 5.41) is 8.22. The average molecular weight is 372 g/mol. The van der Waals surface area contributed by atoms with E-state index in [1.165, 1.54) is 23.8 Å². The monoisotopic (exact) mass is 371 g/mol. The fourth-order valence-corrected chi connectivity index (χ4v) is 4.19. The second-order valence-corrected chi connectivity index (χ2v) is 7.66. The zero-order valence-corrected chi connectivity index (χ0v) is 16.1. The van der Waals surface area contributed by atoms with Crippen LogP contribution in [0.2, 0.25) is 0 Å². The highest BCUT2D eigenvalue weighted by molar-refractivity contribution is 7.14. The highest BCUT2D eigenvalue weighted by Gasteiger charge is 2.31. The Morgan fingerprint density at radius 1 is 1.23 bits per heavy atom. The van der Waals surface area contributed by atoms with Gasteiger partial charge in [0.1, 0.15) is 6.04 Å². The number of amides is 2. The number of thiazole rings is 1. The maximum atomic E-state index is 12.7. The number of carbonyl (C=O) groups excluding carboxylic acids is 2. The van der Waals surface area contributed by atoms with Gasteiger partial charge in [0.05, 0.1) is 5.69 Å². The number of hydrogen-bond donors (Lipinski definition) is 2. The molecule has 1 aliphatic rings. The van der Waals surface area contributed by atoms with Gasteiger partial charge in [0.25, 0.3) is 0 Å². The summed E-state index contributed by atoms with van der Waals surface area (Å²) >= 11 is 1.41. The summed E-state index contributed by atoms with van der Waals surface area (Å²) in [7, 11) is 0. The molecule has 2 amide bonds. The summed E-state index contributed by atoms with van der Waals surface area (Å²) in [5.74, 6) is -0.137. The Morgan fingerprint density at radius 3 is 2.54 bits per heavy atom. The Labute approximate surface area is 158 Å². The van der Waals surface area contributed by atoms with Crippen molar-refractivity contribution in [3.63, 3.8) is 0 Å². The predicted octanol–water partition coefficient (Wildman–Crippen LogP) is 4.01. The van der Waals surface area contributed by atoms with Crippen molar-refractivity contribution in [2.24, 2.45) is 5.92 Å². The molecule has 0 aliphatic heterocycles. The molecule has 0 radical (unpaired) electrons. The summed E-state index contributed by atoms with van der Waals surface area (Å²) in [6, 6.07) is 7.82. The van der Waals surface area contributed by atoms with Crippen LogP contribution in [0.25, 0.3) is 11.3 Å². The third-order valence-electron chi connectivity index (χ3n) is 4.90. The van der Waals surface area contributed by atoms with E-state index in [-0.39, 0.29) is 17.7 Å². The zero-order valence-electron chi connectivity index (χ0n) is 15.2. The van der Waals surface area contributed by atoms with Crippen LogP contribution in [0.4, 0.5) is 5.13 Å². The van der Waals surface area contributed by atoms with E-state index >= 15 is 0 Å². The van der Waals surface area contributed by atoms with Crippen molar-refractivity contribution >= 4 is 28.3 Å². The first-order valence-electron chi connectivity index (χ1n) is 9.19. The Bertz CT molecular complexity index is 764. The van der Waals surface area contributed by atoms with Crippen molar-refractivity contribution in [1.29, 1.82) is 0 Å². The van der Waals surface area contributed by atoms with Crippen LogP contribution in [0.15, 0.2) is 29.6 Å². The summed E-state index contributed by atoms with van der Waals surface area (Å²) in [6.07, 6.45) is 5.19. The molecule has 1 aromatic heterocycles. The maximum absolute atomic E-state index is 12.7. The van der Waals surface area contributed by atoms with Crippen molar-refractivity contribution in [2.45, 2.75) is 52.0 Å². The first kappa shape index (κ1) is 18.6. The number of carbonyl (C=O) groups is 2. The van der Waals surface area contributed by atoms with Crippen LogP contribution >= 0.6 is 11.3 Å². The van der Waals surface area contributed by atoms with Crippen LogP contribution in [-0.2, 0) is 16.0 Å². The normalized spacial score (nSPS) is 15.6. The molecule has 0 saturated heterocycles. The van der Waals surface area contributed by atoms with E-state index in [9.17, 15) is 9.59 Å². The lowest BCUT2D eigenvalue weighted by molar-refractivity contribution is -0.126. The summed E-state index contributed by atoms with van der Waals surface area (Å²) in [6.45, 7) is 3.58. The smallest absolute Gasteiger partial charge is 0.249 e. The first-order chi connectivity index (χ1) is 12.6. The number of nitrogens with zero attached hydrogens (tertiary/aromatic N) is 1. The van der Waals surface area contributed by atoms with E-state index in [1.807, 2.05) is 5.38 Å². The molecule has 26 heavy (non-hydrogen) atoms. The molecule has 0 bridgehead atoms. The average Bonchev–Trinajstić information content (AvgIpc) is 3.31. The molecule has 0 spiro atoms. The molecule has 138 valence electrons. The van der Waals surface area contributed by atoms with Crippen molar-refractivity contribution in [2.75, 3.05) is 5.32 Å². The summed E-state index contributed by atoms with van der Waals surface area (Å²) in [5.41, 5.74) is 3.17. The Balaban J connectivity index is 1.69. The van der Waals surface area contributed by atoms with Crippen LogP contribution < -0.4 is 10.6 Å². The highest BCUT2D eigenvalue weighted by atomic mass is 32.1. The number of aromatic nitrogens is 1. The molecule has 2 aromatic rings. The van der Waals surface area contributed by atoms with E-state index < -0.39 is 6.04 Å². The van der Waals surface area contributed by atoms with Crippen molar-refractivity contribution in [3.05, 3.63) is 35.2 Å². The topological polar surface area (TPSA) is 71.1 Å². The maximum Gasteiger partial charge on any atom is 0.249 e. The van der Waals surface area contributed by atoms with Gasteiger partial charge < -0.3 is 10.6 Å². The summed E-state index contributed by atoms with van der Waals surface area (Å²) in [4.78, 5) is 28.7. The van der Waals surface area contributed by atoms with Gasteiger partial charge in [-0.15, -0.1) is 11.3 Å². The minimum atomic E-state index is -0.480. The van der Waals surface area contributed by atoms with Crippen molar-refractivity contribution < 1.29 is 9.59 Å². The number of aryl methyl sites for hydroxylation is 1. The van der Waals surface area contributed by atoms with E-state index in [0.29, 0.717) is 5.13 Å². The molecule has 1 saturated carbocycles. The molecule has 1 atom stereocenters. The molecule has 0 unspecified atom stereocenters. The molecule has 1 heterocycles. The number of nitrogens with one attached hydrogen (secondary N) is 2. The Morgan fingerprint density at radius 2 is 1.92 bits per heavy atom. The third-order valence-corrected chi connectivity index (χ3v) is 5.66. The van der Waals surface area contributed by atoms with Crippen molar-refractivity contribution in [3.8, 4) is 11.3 Å². The minimum absolute atomic E-state index is 0.172. The van der Waals surface area contributed by atoms with Gasteiger partial charge in [0.15, 0.2) is 5.13 Å². The summed E-state index contributed by atoms with van der Waals surface area (Å²) < 4.78 is 0. The predicted molar refractivity (Wildman–Crippen MR) is 105 cm³/mol. The number of hydrogen-bond acceptors (Lipinski definition) is 4. The van der Waals surface area contributed by atoms with E-state index in [2.05, 4.69) is 46.8 Å². The molecule has 2 N–H and O–H groups in total. The fraction of sp³-hybridized carbons (Fsp3) is 0.450. The van der Waals surface area contributed by atoms with Gasteiger partial charge in [-0.3, -0.25) is 9.59 Å². The van der Waals surface area contributed by atoms with Crippen molar-refractivity contribution in [1.82, 2.24) is 10.3 Å². The molecule has 5 nitrogen and oxygen atoms in total. The number of anilines is 1. The zero-order chi connectivity index (χ0) is 18.5. The molecule has 1 aliphatic carbocycles. The van der Waals surface area contributed by atoms with Crippen LogP contribution in [0.5, 0.6) is 0 Å². The second-order valence-electron chi connectivity index (χ2n) is 6.80. The third kappa shape index (κ3) is 4.49. The fourth-order valence-electron chi connectivity index (χ4n) is 3.47. The van der Waals surface area contributed by atoms with Gasteiger partial charge in [-0.05, 0) is 30.7 Å². The highest BCUT2D eigenvalue weighted by Crippen LogP contribution is 2.29. The minimum Gasteiger partial charge on any atom is -0.344 e. The van der Waals surface area contributed by atoms with Gasteiger partial charge in [-0.1, -0.05) is 44.0 Å². The van der Waals surface area contributed by atoms with E-state index in [4.69, 9.17) is 0 Å². The largest absolute Gasteiger partial charge is 0.344 e. The number of rotatable bonds is 6. The first-order valence-corrected chi connectivity index (χ1v) is 10.1. The van der Waals surface area contributed by atoms with Gasteiger partial charge in [0, 0.05) is 17.9 Å². The Hall–Kier alpha value is -2.21. The lowest BCUT2D eigenvalue weighted by Crippen LogP contribution is -2.47. The molecule has 3 rings (SSSR count). The Kier molecular flexibility index (Phi) is 6.04. The van der Waals surface area contributed by atoms with Gasteiger partial charge in [-0.25, -0.2) is 4.98 Å². The van der Waals surface area contributed by atoms with Crippen LogP contribution in [0.1, 0.15) is 45.1 Å². The standard InChI is InChI=1S/C20H25N3O2S/c1-3-14-8-10-15(11-9-14)17-12-26-20(22-17)23-19(25)18(21-13(2)24)16-6-4-5-7-16/h8-12,16,18H,3-7H2,1-2H3,(H,21,24)(H,22,23,25)/t18-/m1/s1. The molecule has 1 fully saturated rings. The second kappa shape index (κ2) is 8.45. The van der Waals surface area contributed by atoms with Gasteiger partial charge in [-0.2, -0.15) is 0 Å². The lowest BCUT2D eigenvalue weighted by atomic mass is 9.97.